The van der Waals surface area contributed by atoms with E-state index in [1.807, 2.05) is 50.6 Å². The van der Waals surface area contributed by atoms with Crippen molar-refractivity contribution in [2.24, 2.45) is 0 Å². The summed E-state index contributed by atoms with van der Waals surface area (Å²) >= 11 is 6.44. The first-order chi connectivity index (χ1) is 18.0. The van der Waals surface area contributed by atoms with E-state index in [4.69, 9.17) is 16.3 Å². The van der Waals surface area contributed by atoms with Gasteiger partial charge in [0.25, 0.3) is 5.91 Å². The molecule has 2 saturated heterocycles. The summed E-state index contributed by atoms with van der Waals surface area (Å²) in [4.78, 5) is 32.5. The summed E-state index contributed by atoms with van der Waals surface area (Å²) in [5.74, 6) is -0.0532. The second-order valence-electron chi connectivity index (χ2n) is 11.4. The number of piperazine rings is 1. The number of carbonyl (C=O) groups is 2. The standard InChI is InChI=1S/C28H41ClN6O3/c1-20-23(29)7-6-8-24(20)35-25(21-9-12-34(13-10-21)27(37)38-28(2,3)4)22(19-31-35)26(36)30-11-14-33-17-15-32(5)16-18-33/h6-8,19,21H,9-18H2,1-5H3,(H,30,36). The summed E-state index contributed by atoms with van der Waals surface area (Å²) in [7, 11) is 2.14. The molecule has 2 aromatic rings. The Bertz CT molecular complexity index is 1130. The van der Waals surface area contributed by atoms with Crippen LogP contribution in [0.2, 0.25) is 5.02 Å². The van der Waals surface area contributed by atoms with Crippen molar-refractivity contribution in [2.75, 3.05) is 59.4 Å². The van der Waals surface area contributed by atoms with Crippen LogP contribution in [0.15, 0.2) is 24.4 Å². The smallest absolute Gasteiger partial charge is 0.410 e. The van der Waals surface area contributed by atoms with Gasteiger partial charge < -0.3 is 19.9 Å². The zero-order chi connectivity index (χ0) is 27.4. The number of halogens is 1. The van der Waals surface area contributed by atoms with Gasteiger partial charge in [-0.2, -0.15) is 5.10 Å². The van der Waals surface area contributed by atoms with Gasteiger partial charge in [0, 0.05) is 63.3 Å². The Morgan fingerprint density at radius 3 is 2.45 bits per heavy atom. The molecule has 2 aliphatic rings. The molecule has 0 bridgehead atoms. The predicted molar refractivity (Wildman–Crippen MR) is 149 cm³/mol. The van der Waals surface area contributed by atoms with Crippen molar-refractivity contribution in [3.8, 4) is 5.69 Å². The number of nitrogens with one attached hydrogen (secondary N) is 1. The third-order valence-corrected chi connectivity index (χ3v) is 7.77. The molecule has 2 aliphatic heterocycles. The molecule has 0 aliphatic carbocycles. The van der Waals surface area contributed by atoms with Crippen molar-refractivity contribution in [2.45, 2.75) is 52.1 Å². The molecule has 38 heavy (non-hydrogen) atoms. The minimum Gasteiger partial charge on any atom is -0.444 e. The predicted octanol–water partition coefficient (Wildman–Crippen LogP) is 3.93. The van der Waals surface area contributed by atoms with Crippen LogP contribution in [0, 0.1) is 6.92 Å². The van der Waals surface area contributed by atoms with Crippen LogP contribution in [0.3, 0.4) is 0 Å². The highest BCUT2D eigenvalue weighted by molar-refractivity contribution is 6.31. The Hall–Kier alpha value is -2.62. The van der Waals surface area contributed by atoms with E-state index in [0.717, 1.165) is 49.7 Å². The number of rotatable bonds is 6. The fourth-order valence-electron chi connectivity index (χ4n) is 5.10. The van der Waals surface area contributed by atoms with Crippen LogP contribution < -0.4 is 5.32 Å². The highest BCUT2D eigenvalue weighted by Gasteiger charge is 2.32. The summed E-state index contributed by atoms with van der Waals surface area (Å²) in [6.45, 7) is 14.2. The van der Waals surface area contributed by atoms with Gasteiger partial charge in [0.05, 0.1) is 23.1 Å². The lowest BCUT2D eigenvalue weighted by Crippen LogP contribution is -2.47. The van der Waals surface area contributed by atoms with E-state index in [2.05, 4.69) is 27.3 Å². The highest BCUT2D eigenvalue weighted by Crippen LogP contribution is 2.34. The van der Waals surface area contributed by atoms with Crippen LogP contribution >= 0.6 is 11.6 Å². The number of piperidine rings is 1. The molecule has 2 amide bonds. The van der Waals surface area contributed by atoms with E-state index in [-0.39, 0.29) is 17.9 Å². The quantitative estimate of drug-likeness (QED) is 0.593. The molecule has 0 atom stereocenters. The van der Waals surface area contributed by atoms with Crippen molar-refractivity contribution in [3.63, 3.8) is 0 Å². The molecule has 3 heterocycles. The molecule has 208 valence electrons. The lowest BCUT2D eigenvalue weighted by molar-refractivity contribution is 0.0203. The van der Waals surface area contributed by atoms with Gasteiger partial charge in [0.15, 0.2) is 0 Å². The van der Waals surface area contributed by atoms with Crippen molar-refractivity contribution >= 4 is 23.6 Å². The second-order valence-corrected chi connectivity index (χ2v) is 11.8. The maximum absolute atomic E-state index is 13.4. The fourth-order valence-corrected chi connectivity index (χ4v) is 5.27. The van der Waals surface area contributed by atoms with E-state index in [1.165, 1.54) is 0 Å². The van der Waals surface area contributed by atoms with Crippen molar-refractivity contribution < 1.29 is 14.3 Å². The summed E-state index contributed by atoms with van der Waals surface area (Å²) in [6.07, 6.45) is 2.80. The molecule has 0 unspecified atom stereocenters. The average molecular weight is 545 g/mol. The van der Waals surface area contributed by atoms with Crippen LogP contribution in [0.4, 0.5) is 4.79 Å². The second kappa shape index (κ2) is 12.1. The number of benzene rings is 1. The number of nitrogens with zero attached hydrogens (tertiary/aromatic N) is 5. The maximum Gasteiger partial charge on any atom is 0.410 e. The number of amides is 2. The minimum atomic E-state index is -0.536. The number of hydrogen-bond donors (Lipinski definition) is 1. The third-order valence-electron chi connectivity index (χ3n) is 7.36. The van der Waals surface area contributed by atoms with Gasteiger partial charge in [0.1, 0.15) is 5.60 Å². The van der Waals surface area contributed by atoms with Crippen molar-refractivity contribution in [1.82, 2.24) is 29.8 Å². The number of likely N-dealkylation sites (tertiary alicyclic amines) is 1. The molecule has 9 nitrogen and oxygen atoms in total. The molecule has 1 aromatic heterocycles. The minimum absolute atomic E-state index is 0.0629. The lowest BCUT2D eigenvalue weighted by atomic mass is 9.90. The average Bonchev–Trinajstić information content (AvgIpc) is 3.31. The first-order valence-electron chi connectivity index (χ1n) is 13.5. The van der Waals surface area contributed by atoms with Crippen LogP contribution in [-0.4, -0.2) is 101 Å². The number of carbonyl (C=O) groups excluding carboxylic acids is 2. The van der Waals surface area contributed by atoms with Gasteiger partial charge in [-0.05, 0) is 65.3 Å². The first kappa shape index (κ1) is 28.4. The van der Waals surface area contributed by atoms with E-state index < -0.39 is 5.60 Å². The Labute approximate surface area is 231 Å². The first-order valence-corrected chi connectivity index (χ1v) is 13.9. The Morgan fingerprint density at radius 2 is 1.79 bits per heavy atom. The van der Waals surface area contributed by atoms with Gasteiger partial charge in [-0.25, -0.2) is 9.48 Å². The Balaban J connectivity index is 1.52. The maximum atomic E-state index is 13.4. The van der Waals surface area contributed by atoms with Crippen molar-refractivity contribution in [1.29, 1.82) is 0 Å². The van der Waals surface area contributed by atoms with Gasteiger partial charge in [-0.1, -0.05) is 17.7 Å². The van der Waals surface area contributed by atoms with E-state index in [9.17, 15) is 9.59 Å². The van der Waals surface area contributed by atoms with Crippen LogP contribution in [0.25, 0.3) is 5.69 Å². The summed E-state index contributed by atoms with van der Waals surface area (Å²) < 4.78 is 7.44. The zero-order valence-corrected chi connectivity index (χ0v) is 24.1. The monoisotopic (exact) mass is 544 g/mol. The van der Waals surface area contributed by atoms with Crippen LogP contribution in [-0.2, 0) is 4.74 Å². The molecule has 0 spiro atoms. The van der Waals surface area contributed by atoms with Gasteiger partial charge >= 0.3 is 6.09 Å². The largest absolute Gasteiger partial charge is 0.444 e. The highest BCUT2D eigenvalue weighted by atomic mass is 35.5. The van der Waals surface area contributed by atoms with Crippen molar-refractivity contribution in [3.05, 3.63) is 46.2 Å². The van der Waals surface area contributed by atoms with E-state index in [1.54, 1.807) is 11.1 Å². The molecule has 0 radical (unpaired) electrons. The molecule has 1 N–H and O–H groups in total. The van der Waals surface area contributed by atoms with Crippen LogP contribution in [0.5, 0.6) is 0 Å². The molecule has 1 aromatic carbocycles. The molecular weight excluding hydrogens is 504 g/mol. The molecular formula is C28H41ClN6O3. The molecule has 10 heteroatoms. The topological polar surface area (TPSA) is 82.9 Å². The lowest BCUT2D eigenvalue weighted by Gasteiger charge is -2.34. The summed E-state index contributed by atoms with van der Waals surface area (Å²) in [6, 6.07) is 5.73. The fraction of sp³-hybridized carbons (Fsp3) is 0.607. The number of likely N-dealkylation sites (N-methyl/N-ethyl adjacent to an activating group) is 1. The molecule has 4 rings (SSSR count). The van der Waals surface area contributed by atoms with Crippen LogP contribution in [0.1, 0.15) is 61.1 Å². The van der Waals surface area contributed by atoms with Gasteiger partial charge in [-0.15, -0.1) is 0 Å². The third kappa shape index (κ3) is 6.87. The Morgan fingerprint density at radius 1 is 1.11 bits per heavy atom. The van der Waals surface area contributed by atoms with E-state index in [0.29, 0.717) is 43.1 Å². The normalized spacial score (nSPS) is 18.0. The SMILES string of the molecule is Cc1c(Cl)cccc1-n1ncc(C(=O)NCCN2CCN(C)CC2)c1C1CCN(C(=O)OC(C)(C)C)CC1. The Kier molecular flexibility index (Phi) is 9.00. The number of hydrogen-bond acceptors (Lipinski definition) is 6. The summed E-state index contributed by atoms with van der Waals surface area (Å²) in [5, 5.41) is 8.45. The molecule has 2 fully saturated rings. The molecule has 0 saturated carbocycles. The van der Waals surface area contributed by atoms with Gasteiger partial charge in [0.2, 0.25) is 0 Å². The van der Waals surface area contributed by atoms with Gasteiger partial charge in [-0.3, -0.25) is 9.69 Å². The number of ether oxygens (including phenoxy) is 1. The number of aromatic nitrogens is 2. The zero-order valence-electron chi connectivity index (χ0n) is 23.3. The van der Waals surface area contributed by atoms with E-state index >= 15 is 0 Å². The summed E-state index contributed by atoms with van der Waals surface area (Å²) in [5.41, 5.74) is 2.69.